The Hall–Kier alpha value is -1.13. The van der Waals surface area contributed by atoms with E-state index in [0.717, 1.165) is 31.9 Å². The molecule has 2 rings (SSSR count). The van der Waals surface area contributed by atoms with Crippen molar-refractivity contribution in [2.75, 3.05) is 44.2 Å². The fraction of sp³-hybridized carbons (Fsp3) is 0.688. The third kappa shape index (κ3) is 4.46. The molecule has 0 amide bonds. The molecule has 4 nitrogen and oxygen atoms in total. The second kappa shape index (κ2) is 8.22. The molecule has 20 heavy (non-hydrogen) atoms. The van der Waals surface area contributed by atoms with Crippen molar-refractivity contribution in [3.63, 3.8) is 0 Å². The molecule has 1 aliphatic heterocycles. The van der Waals surface area contributed by atoms with Crippen molar-refractivity contribution in [3.05, 3.63) is 24.0 Å². The molecule has 0 radical (unpaired) electrons. The molecular weight excluding hydrogens is 248 g/mol. The smallest absolute Gasteiger partial charge is 0.0562 e. The molecule has 1 N–H and O–H groups in total. The van der Waals surface area contributed by atoms with Gasteiger partial charge in [-0.3, -0.25) is 9.88 Å². The zero-order valence-electron chi connectivity index (χ0n) is 12.9. The predicted octanol–water partition coefficient (Wildman–Crippen LogP) is 2.11. The van der Waals surface area contributed by atoms with E-state index in [2.05, 4.69) is 46.1 Å². The van der Waals surface area contributed by atoms with Gasteiger partial charge in [0.2, 0.25) is 0 Å². The van der Waals surface area contributed by atoms with Gasteiger partial charge in [-0.05, 0) is 38.1 Å². The summed E-state index contributed by atoms with van der Waals surface area (Å²) in [6.07, 6.45) is 4.36. The van der Waals surface area contributed by atoms with Crippen molar-refractivity contribution < 1.29 is 0 Å². The van der Waals surface area contributed by atoms with E-state index in [1.165, 1.54) is 38.2 Å². The molecule has 0 bridgehead atoms. The van der Waals surface area contributed by atoms with Crippen LogP contribution in [0.15, 0.2) is 18.3 Å². The van der Waals surface area contributed by atoms with E-state index in [1.807, 2.05) is 6.20 Å². The molecular formula is C16H28N4. The number of aromatic nitrogens is 1. The first kappa shape index (κ1) is 15.3. The Morgan fingerprint density at radius 1 is 1.15 bits per heavy atom. The van der Waals surface area contributed by atoms with Crippen LogP contribution in [0.5, 0.6) is 0 Å². The van der Waals surface area contributed by atoms with E-state index >= 15 is 0 Å². The highest BCUT2D eigenvalue weighted by Gasteiger charge is 2.16. The minimum atomic E-state index is 0.872. The number of nitrogens with one attached hydrogen (secondary N) is 1. The fourth-order valence-electron chi connectivity index (χ4n) is 2.70. The highest BCUT2D eigenvalue weighted by molar-refractivity contribution is 5.47. The molecule has 0 saturated carbocycles. The first-order valence-electron chi connectivity index (χ1n) is 7.96. The second-order valence-corrected chi connectivity index (χ2v) is 5.51. The lowest BCUT2D eigenvalue weighted by molar-refractivity contribution is 0.258. The standard InChI is InChI=1S/C16H28N4/c1-3-6-17-14-15-13-16(5-7-18-15)20-11-9-19(8-4-2)10-12-20/h5,7,13,17H,3-4,6,8-12,14H2,1-2H3. The molecule has 1 aromatic rings. The third-order valence-corrected chi connectivity index (χ3v) is 3.81. The normalized spacial score (nSPS) is 16.6. The zero-order chi connectivity index (χ0) is 14.2. The number of hydrogen-bond acceptors (Lipinski definition) is 4. The van der Waals surface area contributed by atoms with Crippen molar-refractivity contribution in [1.82, 2.24) is 15.2 Å². The van der Waals surface area contributed by atoms with Crippen LogP contribution in [-0.2, 0) is 6.54 Å². The van der Waals surface area contributed by atoms with Gasteiger partial charge in [-0.1, -0.05) is 13.8 Å². The molecule has 0 aliphatic carbocycles. The largest absolute Gasteiger partial charge is 0.369 e. The van der Waals surface area contributed by atoms with E-state index in [9.17, 15) is 0 Å². The van der Waals surface area contributed by atoms with E-state index in [0.29, 0.717) is 0 Å². The zero-order valence-corrected chi connectivity index (χ0v) is 12.9. The molecule has 1 fully saturated rings. The van der Waals surface area contributed by atoms with Gasteiger partial charge in [-0.15, -0.1) is 0 Å². The maximum absolute atomic E-state index is 4.45. The highest BCUT2D eigenvalue weighted by atomic mass is 15.3. The Morgan fingerprint density at radius 2 is 1.95 bits per heavy atom. The van der Waals surface area contributed by atoms with Gasteiger partial charge in [0.1, 0.15) is 0 Å². The average molecular weight is 276 g/mol. The van der Waals surface area contributed by atoms with Gasteiger partial charge in [0.15, 0.2) is 0 Å². The first-order valence-corrected chi connectivity index (χ1v) is 7.96. The number of pyridine rings is 1. The number of anilines is 1. The van der Waals surface area contributed by atoms with Crippen LogP contribution in [0.3, 0.4) is 0 Å². The maximum atomic E-state index is 4.45. The predicted molar refractivity (Wildman–Crippen MR) is 85.2 cm³/mol. The molecule has 4 heteroatoms. The molecule has 0 unspecified atom stereocenters. The number of nitrogens with zero attached hydrogens (tertiary/aromatic N) is 3. The summed E-state index contributed by atoms with van der Waals surface area (Å²) in [5, 5.41) is 3.42. The highest BCUT2D eigenvalue weighted by Crippen LogP contribution is 2.17. The minimum Gasteiger partial charge on any atom is -0.369 e. The summed E-state index contributed by atoms with van der Waals surface area (Å²) in [5.41, 5.74) is 2.47. The third-order valence-electron chi connectivity index (χ3n) is 3.81. The van der Waals surface area contributed by atoms with Crippen molar-refractivity contribution in [2.24, 2.45) is 0 Å². The molecule has 0 atom stereocenters. The average Bonchev–Trinajstić information content (AvgIpc) is 2.49. The van der Waals surface area contributed by atoms with Gasteiger partial charge in [0.25, 0.3) is 0 Å². The topological polar surface area (TPSA) is 31.4 Å². The van der Waals surface area contributed by atoms with Crippen LogP contribution in [0.1, 0.15) is 32.4 Å². The van der Waals surface area contributed by atoms with Crippen molar-refractivity contribution in [1.29, 1.82) is 0 Å². The lowest BCUT2D eigenvalue weighted by atomic mass is 10.2. The quantitative estimate of drug-likeness (QED) is 0.773. The van der Waals surface area contributed by atoms with Crippen LogP contribution in [0.2, 0.25) is 0 Å². The Kier molecular flexibility index (Phi) is 6.27. The summed E-state index contributed by atoms with van der Waals surface area (Å²) in [6, 6.07) is 4.37. The Morgan fingerprint density at radius 3 is 2.65 bits per heavy atom. The molecule has 1 aromatic heterocycles. The SMILES string of the molecule is CCCNCc1cc(N2CCN(CCC)CC2)ccn1. The van der Waals surface area contributed by atoms with E-state index in [-0.39, 0.29) is 0 Å². The van der Waals surface area contributed by atoms with Crippen LogP contribution < -0.4 is 10.2 Å². The van der Waals surface area contributed by atoms with Gasteiger partial charge in [-0.25, -0.2) is 0 Å². The van der Waals surface area contributed by atoms with Crippen LogP contribution in [-0.4, -0.2) is 49.2 Å². The minimum absolute atomic E-state index is 0.872. The van der Waals surface area contributed by atoms with Crippen LogP contribution in [0.4, 0.5) is 5.69 Å². The van der Waals surface area contributed by atoms with E-state index in [4.69, 9.17) is 0 Å². The second-order valence-electron chi connectivity index (χ2n) is 5.51. The van der Waals surface area contributed by atoms with Crippen molar-refractivity contribution in [3.8, 4) is 0 Å². The van der Waals surface area contributed by atoms with E-state index in [1.54, 1.807) is 0 Å². The monoisotopic (exact) mass is 276 g/mol. The van der Waals surface area contributed by atoms with Crippen LogP contribution >= 0.6 is 0 Å². The number of hydrogen-bond donors (Lipinski definition) is 1. The lowest BCUT2D eigenvalue weighted by Gasteiger charge is -2.36. The molecule has 0 spiro atoms. The number of rotatable bonds is 7. The molecule has 0 aromatic carbocycles. The van der Waals surface area contributed by atoms with Crippen LogP contribution in [0, 0.1) is 0 Å². The van der Waals surface area contributed by atoms with Gasteiger partial charge in [-0.2, -0.15) is 0 Å². The lowest BCUT2D eigenvalue weighted by Crippen LogP contribution is -2.46. The van der Waals surface area contributed by atoms with Crippen molar-refractivity contribution >= 4 is 5.69 Å². The Labute approximate surface area is 123 Å². The molecule has 1 aliphatic rings. The Balaban J connectivity index is 1.87. The molecule has 1 saturated heterocycles. The van der Waals surface area contributed by atoms with E-state index < -0.39 is 0 Å². The van der Waals surface area contributed by atoms with Gasteiger partial charge in [0.05, 0.1) is 5.69 Å². The summed E-state index contributed by atoms with van der Waals surface area (Å²) < 4.78 is 0. The maximum Gasteiger partial charge on any atom is 0.0562 e. The molecule has 112 valence electrons. The summed E-state index contributed by atoms with van der Waals surface area (Å²) in [6.45, 7) is 12.2. The summed E-state index contributed by atoms with van der Waals surface area (Å²) in [7, 11) is 0. The van der Waals surface area contributed by atoms with Crippen LogP contribution in [0.25, 0.3) is 0 Å². The Bertz CT molecular complexity index is 386. The van der Waals surface area contributed by atoms with Crippen molar-refractivity contribution in [2.45, 2.75) is 33.2 Å². The van der Waals surface area contributed by atoms with Gasteiger partial charge < -0.3 is 10.2 Å². The summed E-state index contributed by atoms with van der Waals surface area (Å²) in [4.78, 5) is 9.49. The first-order chi connectivity index (χ1) is 9.83. The fourth-order valence-corrected chi connectivity index (χ4v) is 2.70. The summed E-state index contributed by atoms with van der Waals surface area (Å²) >= 11 is 0. The number of piperazine rings is 1. The van der Waals surface area contributed by atoms with Gasteiger partial charge in [0, 0.05) is 44.6 Å². The summed E-state index contributed by atoms with van der Waals surface area (Å²) in [5.74, 6) is 0. The van der Waals surface area contributed by atoms with Gasteiger partial charge >= 0.3 is 0 Å². The molecule has 2 heterocycles.